The van der Waals surface area contributed by atoms with Gasteiger partial charge in [-0.25, -0.2) is 9.37 Å². The van der Waals surface area contributed by atoms with Crippen LogP contribution in [0.1, 0.15) is 86.7 Å². The van der Waals surface area contributed by atoms with Gasteiger partial charge in [-0.2, -0.15) is 0 Å². The predicted molar refractivity (Wildman–Crippen MR) is 261 cm³/mol. The molecular weight excluding hydrogens is 877 g/mol. The van der Waals surface area contributed by atoms with E-state index in [1.54, 1.807) is 24.4 Å². The molecule has 2 aromatic heterocycles. The number of aromatic amines is 1. The fourth-order valence-corrected chi connectivity index (χ4v) is 10.5. The zero-order valence-corrected chi connectivity index (χ0v) is 39.1. The van der Waals surface area contributed by atoms with Gasteiger partial charge in [0.2, 0.25) is 0 Å². The molecule has 0 radical (unpaired) electrons. The minimum Gasteiger partial charge on any atom is -0.455 e. The Balaban J connectivity index is 0.880. The first-order chi connectivity index (χ1) is 31.9. The van der Waals surface area contributed by atoms with E-state index < -0.39 is 16.5 Å². The molecule has 3 N–H and O–H groups in total. The molecule has 0 atom stereocenters. The molecule has 3 aromatic carbocycles. The van der Waals surface area contributed by atoms with Crippen LogP contribution >= 0.6 is 23.5 Å². The molecule has 5 aromatic rings. The normalized spacial score (nSPS) is 19.4. The largest absolute Gasteiger partial charge is 0.455 e. The van der Waals surface area contributed by atoms with E-state index in [0.717, 1.165) is 105 Å². The van der Waals surface area contributed by atoms with E-state index in [1.165, 1.54) is 28.3 Å². The standard InChI is InChI=1S/C51H57ClFN7O5S/c1-50(2)17-11-38(44(30-50)35-3-6-39(52)7-4-35)32-58-21-13-34(14-22-58)36-5-9-43(47(28-36)65-41-27-37-12-20-54-48(37)55-31-41)49(61)57-66-42-8-10-45(46(29-42)60(62)63)56-33-51(53)18-23-59(24-19-51)40-15-25-64-26-16-40/h3-10,12-13,20,27-29,31,40,56H,11,14-19,21-26,30,32-33H2,1-2H3,(H,54,55)(H,57,61). The van der Waals surface area contributed by atoms with E-state index in [0.29, 0.717) is 53.9 Å². The van der Waals surface area contributed by atoms with Gasteiger partial charge in [-0.05, 0) is 140 Å². The quantitative estimate of drug-likeness (QED) is 0.0560. The summed E-state index contributed by atoms with van der Waals surface area (Å²) in [6.45, 7) is 10.1. The molecule has 0 spiro atoms. The fraction of sp³-hybridized carbons (Fsp3) is 0.412. The zero-order chi connectivity index (χ0) is 45.8. The number of allylic oxidation sites excluding steroid dienone is 1. The third kappa shape index (κ3) is 11.0. The van der Waals surface area contributed by atoms with Crippen molar-refractivity contribution in [3.05, 3.63) is 129 Å². The minimum absolute atomic E-state index is 0.0258. The number of nitro groups is 1. The number of aromatic nitrogens is 2. The van der Waals surface area contributed by atoms with Gasteiger partial charge in [-0.1, -0.05) is 55.3 Å². The lowest BCUT2D eigenvalue weighted by atomic mass is 9.72. The summed E-state index contributed by atoms with van der Waals surface area (Å²) in [5, 5.41) is 16.9. The highest BCUT2D eigenvalue weighted by Gasteiger charge is 2.37. The number of nitro benzene ring substituents is 1. The van der Waals surface area contributed by atoms with Crippen LogP contribution < -0.4 is 14.8 Å². The van der Waals surface area contributed by atoms with Gasteiger partial charge in [-0.3, -0.25) is 29.4 Å². The number of ether oxygens (including phenoxy) is 2. The number of nitrogens with zero attached hydrogens (tertiary/aromatic N) is 4. The van der Waals surface area contributed by atoms with Crippen molar-refractivity contribution in [3.8, 4) is 11.5 Å². The zero-order valence-electron chi connectivity index (χ0n) is 37.5. The van der Waals surface area contributed by atoms with Gasteiger partial charge in [0, 0.05) is 86.1 Å². The van der Waals surface area contributed by atoms with Crippen LogP contribution in [0.5, 0.6) is 11.5 Å². The number of carbonyl (C=O) groups is 1. The molecule has 2 fully saturated rings. The number of amides is 1. The van der Waals surface area contributed by atoms with E-state index in [4.69, 9.17) is 21.1 Å². The number of nitrogens with one attached hydrogen (secondary N) is 3. The molecule has 66 heavy (non-hydrogen) atoms. The van der Waals surface area contributed by atoms with E-state index in [1.807, 2.05) is 42.6 Å². The van der Waals surface area contributed by atoms with Gasteiger partial charge in [0.25, 0.3) is 11.6 Å². The summed E-state index contributed by atoms with van der Waals surface area (Å²) in [5.41, 5.74) is 6.15. The Kier molecular flexibility index (Phi) is 13.8. The minimum atomic E-state index is -1.47. The third-order valence-corrected chi connectivity index (χ3v) is 14.7. The molecule has 15 heteroatoms. The summed E-state index contributed by atoms with van der Waals surface area (Å²) < 4.78 is 30.8. The van der Waals surface area contributed by atoms with E-state index in [-0.39, 0.29) is 23.3 Å². The summed E-state index contributed by atoms with van der Waals surface area (Å²) in [6, 6.07) is 22.7. The number of hydrogen-bond acceptors (Lipinski definition) is 10. The highest BCUT2D eigenvalue weighted by atomic mass is 35.5. The van der Waals surface area contributed by atoms with Gasteiger partial charge in [0.15, 0.2) is 0 Å². The number of rotatable bonds is 14. The highest BCUT2D eigenvalue weighted by molar-refractivity contribution is 7.98. The third-order valence-electron chi connectivity index (χ3n) is 13.7. The fourth-order valence-electron chi connectivity index (χ4n) is 9.75. The Hall–Kier alpha value is -5.25. The summed E-state index contributed by atoms with van der Waals surface area (Å²) in [7, 11) is 0. The Morgan fingerprint density at radius 2 is 1.80 bits per heavy atom. The molecule has 12 nitrogen and oxygen atoms in total. The second-order valence-corrected chi connectivity index (χ2v) is 20.2. The van der Waals surface area contributed by atoms with Crippen LogP contribution in [0.2, 0.25) is 5.02 Å². The topological polar surface area (TPSA) is 138 Å². The second kappa shape index (κ2) is 19.9. The smallest absolute Gasteiger partial charge is 0.293 e. The number of likely N-dealkylation sites (tertiary alicyclic amines) is 1. The van der Waals surface area contributed by atoms with E-state index in [9.17, 15) is 14.9 Å². The molecule has 4 aliphatic rings. The predicted octanol–water partition coefficient (Wildman–Crippen LogP) is 11.5. The molecule has 1 aliphatic carbocycles. The van der Waals surface area contributed by atoms with Crippen molar-refractivity contribution >= 4 is 63.0 Å². The SMILES string of the molecule is CC1(C)CCC(CN2CC=C(c3ccc(C(=O)NSc4ccc(NCC5(F)CCN(C6CCOCC6)CC5)c([N+](=O)[O-])c4)c(Oc4cnc5[nH]ccc5c4)c3)CC2)=C(c2ccc(Cl)cc2)C1. The average molecular weight is 935 g/mol. The maximum atomic E-state index is 16.0. The summed E-state index contributed by atoms with van der Waals surface area (Å²) in [4.78, 5) is 38.6. The molecule has 0 unspecified atom stereocenters. The lowest BCUT2D eigenvalue weighted by Gasteiger charge is -2.41. The number of halogens is 2. The van der Waals surface area contributed by atoms with Gasteiger partial charge < -0.3 is 19.8 Å². The first-order valence-corrected chi connectivity index (χ1v) is 24.2. The number of piperidine rings is 1. The lowest BCUT2D eigenvalue weighted by molar-refractivity contribution is -0.384. The Labute approximate surface area is 394 Å². The van der Waals surface area contributed by atoms with Crippen LogP contribution in [-0.2, 0) is 4.74 Å². The first-order valence-electron chi connectivity index (χ1n) is 23.0. The Morgan fingerprint density at radius 1 is 1.02 bits per heavy atom. The first kappa shape index (κ1) is 45.9. The number of carbonyl (C=O) groups excluding carboxylic acids is 1. The van der Waals surface area contributed by atoms with Crippen LogP contribution in [0.25, 0.3) is 22.2 Å². The van der Waals surface area contributed by atoms with E-state index >= 15 is 4.39 Å². The molecule has 2 saturated heterocycles. The highest BCUT2D eigenvalue weighted by Crippen LogP contribution is 2.44. The van der Waals surface area contributed by atoms with Gasteiger partial charge in [-0.15, -0.1) is 0 Å². The van der Waals surface area contributed by atoms with Crippen molar-refractivity contribution < 1.29 is 23.6 Å². The number of anilines is 1. The van der Waals surface area contributed by atoms with Crippen molar-refractivity contribution in [2.45, 2.75) is 81.8 Å². The molecule has 3 aliphatic heterocycles. The van der Waals surface area contributed by atoms with Crippen LogP contribution in [0.3, 0.4) is 0 Å². The summed E-state index contributed by atoms with van der Waals surface area (Å²) >= 11 is 7.23. The number of fused-ring (bicyclic) bond motifs is 1. The van der Waals surface area contributed by atoms with Gasteiger partial charge >= 0.3 is 0 Å². The van der Waals surface area contributed by atoms with E-state index in [2.05, 4.69) is 61.9 Å². The lowest BCUT2D eigenvalue weighted by Crippen LogP contribution is -2.50. The Morgan fingerprint density at radius 3 is 2.56 bits per heavy atom. The van der Waals surface area contributed by atoms with Gasteiger partial charge in [0.05, 0.1) is 16.7 Å². The maximum absolute atomic E-state index is 16.0. The van der Waals surface area contributed by atoms with Crippen molar-refractivity contribution in [1.29, 1.82) is 0 Å². The molecule has 5 heterocycles. The molecule has 1 amide bonds. The van der Waals surface area contributed by atoms with Crippen molar-refractivity contribution in [3.63, 3.8) is 0 Å². The van der Waals surface area contributed by atoms with Gasteiger partial charge in [0.1, 0.15) is 28.5 Å². The van der Waals surface area contributed by atoms with Crippen LogP contribution in [-0.4, -0.2) is 94.8 Å². The van der Waals surface area contributed by atoms with Crippen LogP contribution in [0.15, 0.2) is 102 Å². The number of hydrogen-bond donors (Lipinski definition) is 3. The molecular formula is C51H57ClFN7O5S. The monoisotopic (exact) mass is 933 g/mol. The van der Waals surface area contributed by atoms with Crippen molar-refractivity contribution in [2.75, 3.05) is 57.8 Å². The Bertz CT molecular complexity index is 2640. The maximum Gasteiger partial charge on any atom is 0.293 e. The van der Waals surface area contributed by atoms with Crippen LogP contribution in [0, 0.1) is 15.5 Å². The van der Waals surface area contributed by atoms with Crippen LogP contribution in [0.4, 0.5) is 15.8 Å². The van der Waals surface area contributed by atoms with Crippen molar-refractivity contribution in [1.82, 2.24) is 24.5 Å². The molecule has 0 saturated carbocycles. The molecule has 9 rings (SSSR count). The molecule has 346 valence electrons. The summed E-state index contributed by atoms with van der Waals surface area (Å²) in [6.07, 6.45) is 12.4. The number of pyridine rings is 1. The summed E-state index contributed by atoms with van der Waals surface area (Å²) in [5.74, 6) is 0.402. The van der Waals surface area contributed by atoms with Crippen molar-refractivity contribution in [2.24, 2.45) is 5.41 Å². The number of H-pyrrole nitrogens is 1. The number of alkyl halides is 1. The number of benzene rings is 3. The second-order valence-electron chi connectivity index (χ2n) is 18.9. The molecule has 0 bridgehead atoms. The average Bonchev–Trinajstić information content (AvgIpc) is 3.80.